The van der Waals surface area contributed by atoms with Crippen LogP contribution in [0.1, 0.15) is 194 Å². The van der Waals surface area contributed by atoms with Crippen LogP contribution in [-0.2, 0) is 19.1 Å². The molecule has 0 fully saturated rings. The maximum atomic E-state index is 12.1. The Kier molecular flexibility index (Phi) is 36.0. The fourth-order valence-corrected chi connectivity index (χ4v) is 5.51. The minimum absolute atomic E-state index is 0.0702. The third-order valence-electron chi connectivity index (χ3n) is 8.45. The molecule has 268 valence electrons. The Morgan fingerprint density at radius 2 is 0.935 bits per heavy atom. The number of carbonyl (C=O) groups excluding carboxylic acids is 2. The molecule has 5 heteroatoms. The summed E-state index contributed by atoms with van der Waals surface area (Å²) in [6, 6.07) is 0. The predicted octanol–water partition coefficient (Wildman–Crippen LogP) is 12.1. The summed E-state index contributed by atoms with van der Waals surface area (Å²) in [5.74, 6) is -0.606. The molecule has 0 unspecified atom stereocenters. The second kappa shape index (κ2) is 37.6. The molecule has 0 saturated heterocycles. The zero-order valence-electron chi connectivity index (χ0n) is 30.3. The fraction of sp³-hybridized carbons (Fsp3) is 0.805. The molecule has 1 atom stereocenters. The maximum Gasteiger partial charge on any atom is 0.306 e. The lowest BCUT2D eigenvalue weighted by atomic mass is 10.0. The van der Waals surface area contributed by atoms with Gasteiger partial charge in [-0.3, -0.25) is 9.59 Å². The molecule has 1 N–H and O–H groups in total. The van der Waals surface area contributed by atoms with Crippen LogP contribution in [0.3, 0.4) is 0 Å². The summed E-state index contributed by atoms with van der Waals surface area (Å²) in [5.41, 5.74) is 0. The van der Waals surface area contributed by atoms with E-state index in [0.29, 0.717) is 12.8 Å². The largest absolute Gasteiger partial charge is 0.462 e. The van der Waals surface area contributed by atoms with Crippen molar-refractivity contribution < 1.29 is 24.2 Å². The molecule has 0 aromatic rings. The van der Waals surface area contributed by atoms with Crippen LogP contribution in [0.15, 0.2) is 36.5 Å². The smallest absolute Gasteiger partial charge is 0.306 e. The fourth-order valence-electron chi connectivity index (χ4n) is 5.51. The Hall–Kier alpha value is -1.88. The first-order chi connectivity index (χ1) is 22.6. The molecule has 0 aromatic heterocycles. The van der Waals surface area contributed by atoms with Crippen molar-refractivity contribution in [2.24, 2.45) is 0 Å². The van der Waals surface area contributed by atoms with Gasteiger partial charge in [-0.05, 0) is 44.9 Å². The predicted molar refractivity (Wildman–Crippen MR) is 196 cm³/mol. The van der Waals surface area contributed by atoms with Gasteiger partial charge in [0.05, 0.1) is 6.61 Å². The number of unbranched alkanes of at least 4 members (excludes halogenated alkanes) is 21. The van der Waals surface area contributed by atoms with Gasteiger partial charge in [0.2, 0.25) is 0 Å². The third kappa shape index (κ3) is 35.0. The second-order valence-corrected chi connectivity index (χ2v) is 13.0. The number of carbonyl (C=O) groups is 2. The van der Waals surface area contributed by atoms with E-state index >= 15 is 0 Å². The molecule has 0 aliphatic heterocycles. The van der Waals surface area contributed by atoms with Crippen molar-refractivity contribution >= 4 is 11.9 Å². The van der Waals surface area contributed by atoms with Crippen LogP contribution in [0.4, 0.5) is 0 Å². The lowest BCUT2D eigenvalue weighted by Crippen LogP contribution is -2.28. The van der Waals surface area contributed by atoms with E-state index in [9.17, 15) is 14.7 Å². The number of rotatable bonds is 35. The Morgan fingerprint density at radius 3 is 1.41 bits per heavy atom. The zero-order valence-corrected chi connectivity index (χ0v) is 30.3. The lowest BCUT2D eigenvalue weighted by molar-refractivity contribution is -0.161. The summed E-state index contributed by atoms with van der Waals surface area (Å²) < 4.78 is 10.6. The van der Waals surface area contributed by atoms with E-state index in [1.54, 1.807) is 0 Å². The molecule has 0 rings (SSSR count). The van der Waals surface area contributed by atoms with Gasteiger partial charge in [-0.2, -0.15) is 0 Å². The molecule has 0 bridgehead atoms. The number of hydrogen-bond acceptors (Lipinski definition) is 5. The average Bonchev–Trinajstić information content (AvgIpc) is 3.06. The first-order valence-corrected chi connectivity index (χ1v) is 19.5. The number of esters is 2. The van der Waals surface area contributed by atoms with Crippen LogP contribution in [0.25, 0.3) is 0 Å². The normalized spacial score (nSPS) is 12.5. The highest BCUT2D eigenvalue weighted by molar-refractivity contribution is 5.70. The molecule has 0 aliphatic carbocycles. The Morgan fingerprint density at radius 1 is 0.522 bits per heavy atom. The van der Waals surface area contributed by atoms with E-state index in [-0.39, 0.29) is 25.2 Å². The molecule has 0 saturated carbocycles. The van der Waals surface area contributed by atoms with Gasteiger partial charge in [0.15, 0.2) is 6.10 Å². The average molecular weight is 647 g/mol. The first kappa shape index (κ1) is 44.1. The number of aliphatic hydroxyl groups excluding tert-OH is 1. The van der Waals surface area contributed by atoms with Gasteiger partial charge in [0.25, 0.3) is 0 Å². The Labute approximate surface area is 285 Å². The summed E-state index contributed by atoms with van der Waals surface area (Å²) in [4.78, 5) is 24.2. The van der Waals surface area contributed by atoms with Gasteiger partial charge in [0, 0.05) is 12.8 Å². The van der Waals surface area contributed by atoms with Crippen LogP contribution in [0.2, 0.25) is 0 Å². The van der Waals surface area contributed by atoms with E-state index in [0.717, 1.165) is 70.6 Å². The maximum absolute atomic E-state index is 12.1. The minimum atomic E-state index is -0.776. The highest BCUT2D eigenvalue weighted by Gasteiger charge is 2.16. The number of aliphatic hydroxyl groups is 1. The Bertz CT molecular complexity index is 741. The highest BCUT2D eigenvalue weighted by Crippen LogP contribution is 2.15. The van der Waals surface area contributed by atoms with Crippen molar-refractivity contribution in [1.29, 1.82) is 0 Å². The van der Waals surface area contributed by atoms with E-state index < -0.39 is 6.10 Å². The molecular formula is C41H74O5. The number of allylic oxidation sites excluding steroid dienone is 6. The van der Waals surface area contributed by atoms with E-state index in [4.69, 9.17) is 9.47 Å². The van der Waals surface area contributed by atoms with Crippen LogP contribution in [0, 0.1) is 0 Å². The van der Waals surface area contributed by atoms with Crippen molar-refractivity contribution in [3.05, 3.63) is 36.5 Å². The molecule has 5 nitrogen and oxygen atoms in total. The van der Waals surface area contributed by atoms with E-state index in [2.05, 4.69) is 50.3 Å². The summed E-state index contributed by atoms with van der Waals surface area (Å²) in [6.45, 7) is 4.02. The van der Waals surface area contributed by atoms with Crippen molar-refractivity contribution in [2.75, 3.05) is 13.2 Å². The van der Waals surface area contributed by atoms with Crippen LogP contribution < -0.4 is 0 Å². The molecule has 0 aromatic carbocycles. The highest BCUT2D eigenvalue weighted by atomic mass is 16.6. The standard InChI is InChI=1S/C41H74O5/c1-3-5-7-9-11-13-15-17-19-20-22-23-25-27-29-31-33-35-40(43)45-38-39(37-42)46-41(44)36-34-32-30-28-26-24-21-18-16-14-12-10-8-6-4-2/h6,8,12,14,18,21,39,42H,3-5,7,9-11,13,15-17,19-20,22-38H2,1-2H3/t39-/m0/s1. The van der Waals surface area contributed by atoms with Crippen molar-refractivity contribution in [1.82, 2.24) is 0 Å². The quantitative estimate of drug-likeness (QED) is 0.0421. The molecular weight excluding hydrogens is 572 g/mol. The summed E-state index contributed by atoms with van der Waals surface area (Å²) in [5, 5.41) is 9.54. The van der Waals surface area contributed by atoms with Gasteiger partial charge >= 0.3 is 11.9 Å². The summed E-state index contributed by atoms with van der Waals surface area (Å²) in [7, 11) is 0. The monoisotopic (exact) mass is 647 g/mol. The zero-order chi connectivity index (χ0) is 33.6. The van der Waals surface area contributed by atoms with E-state index in [1.165, 1.54) is 96.3 Å². The van der Waals surface area contributed by atoms with Gasteiger partial charge in [0.1, 0.15) is 6.61 Å². The molecule has 0 spiro atoms. The second-order valence-electron chi connectivity index (χ2n) is 13.0. The number of ether oxygens (including phenoxy) is 2. The van der Waals surface area contributed by atoms with Crippen molar-refractivity contribution in [3.8, 4) is 0 Å². The third-order valence-corrected chi connectivity index (χ3v) is 8.45. The summed E-state index contributed by atoms with van der Waals surface area (Å²) in [6.07, 6.45) is 44.9. The van der Waals surface area contributed by atoms with Gasteiger partial charge in [-0.15, -0.1) is 0 Å². The lowest BCUT2D eigenvalue weighted by Gasteiger charge is -2.15. The van der Waals surface area contributed by atoms with Crippen LogP contribution >= 0.6 is 0 Å². The van der Waals surface area contributed by atoms with Crippen molar-refractivity contribution in [3.63, 3.8) is 0 Å². The topological polar surface area (TPSA) is 72.8 Å². The van der Waals surface area contributed by atoms with Gasteiger partial charge < -0.3 is 14.6 Å². The van der Waals surface area contributed by atoms with Gasteiger partial charge in [-0.1, -0.05) is 172 Å². The van der Waals surface area contributed by atoms with E-state index in [1.807, 2.05) is 0 Å². The van der Waals surface area contributed by atoms with Gasteiger partial charge in [-0.25, -0.2) is 0 Å². The minimum Gasteiger partial charge on any atom is -0.462 e. The van der Waals surface area contributed by atoms with Crippen LogP contribution in [0.5, 0.6) is 0 Å². The SMILES string of the molecule is CCC=CCC=CCC=CCCCCCCCC(=O)O[C@@H](CO)COC(=O)CCCCCCCCCCCCCCCCCCC. The Balaban J connectivity index is 3.55. The molecule has 46 heavy (non-hydrogen) atoms. The molecule has 0 heterocycles. The first-order valence-electron chi connectivity index (χ1n) is 19.5. The number of hydrogen-bond donors (Lipinski definition) is 1. The molecule has 0 amide bonds. The summed E-state index contributed by atoms with van der Waals surface area (Å²) >= 11 is 0. The molecule has 0 radical (unpaired) electrons. The van der Waals surface area contributed by atoms with Crippen LogP contribution in [-0.4, -0.2) is 36.4 Å². The van der Waals surface area contributed by atoms with Crippen molar-refractivity contribution in [2.45, 2.75) is 200 Å². The molecule has 0 aliphatic rings.